The predicted molar refractivity (Wildman–Crippen MR) is 95.9 cm³/mol. The van der Waals surface area contributed by atoms with Crippen molar-refractivity contribution in [3.05, 3.63) is 67.1 Å². The van der Waals surface area contributed by atoms with Gasteiger partial charge in [0.25, 0.3) is 0 Å². The summed E-state index contributed by atoms with van der Waals surface area (Å²) < 4.78 is 2.35. The molecule has 110 valence electrons. The number of aryl methyl sites for hydroxylation is 1. The molecule has 0 bridgehead atoms. The maximum atomic E-state index is 3.67. The first-order valence-electron chi connectivity index (χ1n) is 7.32. The van der Waals surface area contributed by atoms with E-state index in [2.05, 4.69) is 81.4 Å². The fourth-order valence-electron chi connectivity index (χ4n) is 3.02. The van der Waals surface area contributed by atoms with Crippen LogP contribution < -0.4 is 5.32 Å². The molecule has 1 aliphatic heterocycles. The topological polar surface area (TPSA) is 12.0 Å². The zero-order valence-corrected chi connectivity index (χ0v) is 15.5. The highest BCUT2D eigenvalue weighted by Gasteiger charge is 2.20. The summed E-state index contributed by atoms with van der Waals surface area (Å²) in [6.07, 6.45) is 2.16. The molecule has 1 nitrogen and oxygen atoms in total. The number of fused-ring (bicyclic) bond motifs is 1. The van der Waals surface area contributed by atoms with Crippen molar-refractivity contribution in [2.75, 3.05) is 6.54 Å². The van der Waals surface area contributed by atoms with E-state index in [1.807, 2.05) is 0 Å². The van der Waals surface area contributed by atoms with Crippen molar-refractivity contribution in [1.82, 2.24) is 5.32 Å². The quantitative estimate of drug-likeness (QED) is 0.714. The van der Waals surface area contributed by atoms with E-state index in [1.165, 1.54) is 36.8 Å². The van der Waals surface area contributed by atoms with Crippen LogP contribution in [0.2, 0.25) is 0 Å². The normalized spacial score (nSPS) is 17.6. The molecule has 0 fully saturated rings. The number of rotatable bonds is 2. The van der Waals surface area contributed by atoms with Crippen LogP contribution in [-0.2, 0) is 12.8 Å². The first-order chi connectivity index (χ1) is 10.0. The van der Waals surface area contributed by atoms with Gasteiger partial charge in [-0.25, -0.2) is 0 Å². The van der Waals surface area contributed by atoms with Gasteiger partial charge in [-0.2, -0.15) is 0 Å². The largest absolute Gasteiger partial charge is 0.309 e. The summed E-state index contributed by atoms with van der Waals surface area (Å²) >= 11 is 7.31. The second-order valence-electron chi connectivity index (χ2n) is 5.85. The molecule has 2 aromatic rings. The van der Waals surface area contributed by atoms with Gasteiger partial charge in [0, 0.05) is 15.0 Å². The third-order valence-electron chi connectivity index (χ3n) is 4.24. The lowest BCUT2D eigenvalue weighted by Gasteiger charge is -2.27. The molecule has 1 unspecified atom stereocenters. The Kier molecular flexibility index (Phi) is 4.53. The second-order valence-corrected chi connectivity index (χ2v) is 7.56. The van der Waals surface area contributed by atoms with E-state index >= 15 is 0 Å². The van der Waals surface area contributed by atoms with Crippen LogP contribution in [0.4, 0.5) is 0 Å². The molecule has 1 atom stereocenters. The molecule has 0 saturated heterocycles. The lowest BCUT2D eigenvalue weighted by atomic mass is 9.89. The summed E-state index contributed by atoms with van der Waals surface area (Å²) in [5.74, 6) is 0. The zero-order valence-electron chi connectivity index (χ0n) is 12.3. The van der Waals surface area contributed by atoms with Crippen LogP contribution in [0.1, 0.15) is 33.9 Å². The summed E-state index contributed by atoms with van der Waals surface area (Å²) in [4.78, 5) is 0. The highest BCUT2D eigenvalue weighted by molar-refractivity contribution is 9.11. The van der Waals surface area contributed by atoms with Gasteiger partial charge in [-0.05, 0) is 67.6 Å². The summed E-state index contributed by atoms with van der Waals surface area (Å²) in [5.41, 5.74) is 6.93. The number of nitrogens with one attached hydrogen (secondary N) is 1. The van der Waals surface area contributed by atoms with Crippen LogP contribution >= 0.6 is 31.9 Å². The van der Waals surface area contributed by atoms with Crippen LogP contribution in [0, 0.1) is 13.8 Å². The minimum atomic E-state index is 0.413. The molecule has 0 spiro atoms. The van der Waals surface area contributed by atoms with Crippen LogP contribution in [0.25, 0.3) is 0 Å². The fraction of sp³-hybridized carbons (Fsp3) is 0.333. The molecule has 2 aromatic carbocycles. The Hall–Kier alpha value is -0.640. The van der Waals surface area contributed by atoms with Gasteiger partial charge in [0.1, 0.15) is 0 Å². The average Bonchev–Trinajstić information content (AvgIpc) is 2.44. The Balaban J connectivity index is 1.90. The van der Waals surface area contributed by atoms with Crippen LogP contribution in [0.15, 0.2) is 39.3 Å². The van der Waals surface area contributed by atoms with Crippen LogP contribution in [0.5, 0.6) is 0 Å². The number of hydrogen-bond acceptors (Lipinski definition) is 1. The van der Waals surface area contributed by atoms with E-state index in [0.717, 1.165) is 19.4 Å². The first-order valence-corrected chi connectivity index (χ1v) is 8.90. The molecule has 1 N–H and O–H groups in total. The molecule has 0 amide bonds. The fourth-order valence-corrected chi connectivity index (χ4v) is 4.30. The van der Waals surface area contributed by atoms with Crippen molar-refractivity contribution < 1.29 is 0 Å². The van der Waals surface area contributed by atoms with Gasteiger partial charge in [0.05, 0.1) is 0 Å². The van der Waals surface area contributed by atoms with Gasteiger partial charge >= 0.3 is 0 Å². The third kappa shape index (κ3) is 3.25. The van der Waals surface area contributed by atoms with Crippen molar-refractivity contribution in [2.24, 2.45) is 0 Å². The number of halogens is 2. The van der Waals surface area contributed by atoms with E-state index in [9.17, 15) is 0 Å². The number of hydrogen-bond donors (Lipinski definition) is 1. The van der Waals surface area contributed by atoms with E-state index in [4.69, 9.17) is 0 Å². The summed E-state index contributed by atoms with van der Waals surface area (Å²) in [7, 11) is 0. The Morgan fingerprint density at radius 1 is 1.10 bits per heavy atom. The molecule has 0 radical (unpaired) electrons. The molecule has 0 aliphatic carbocycles. The third-order valence-corrected chi connectivity index (χ3v) is 5.89. The van der Waals surface area contributed by atoms with Gasteiger partial charge in [-0.3, -0.25) is 0 Å². The second kappa shape index (κ2) is 6.23. The monoisotopic (exact) mass is 407 g/mol. The van der Waals surface area contributed by atoms with Crippen LogP contribution in [-0.4, -0.2) is 6.54 Å². The van der Waals surface area contributed by atoms with Crippen molar-refractivity contribution in [3.63, 3.8) is 0 Å². The summed E-state index contributed by atoms with van der Waals surface area (Å²) in [6, 6.07) is 11.7. The first kappa shape index (κ1) is 15.3. The van der Waals surface area contributed by atoms with E-state index < -0.39 is 0 Å². The maximum absolute atomic E-state index is 3.67. The van der Waals surface area contributed by atoms with Crippen molar-refractivity contribution in [1.29, 1.82) is 0 Å². The van der Waals surface area contributed by atoms with Crippen molar-refractivity contribution in [2.45, 2.75) is 32.7 Å². The highest BCUT2D eigenvalue weighted by Crippen LogP contribution is 2.31. The summed E-state index contributed by atoms with van der Waals surface area (Å²) in [6.45, 7) is 5.36. The number of benzene rings is 2. The van der Waals surface area contributed by atoms with Crippen molar-refractivity contribution >= 4 is 31.9 Å². The lowest BCUT2D eigenvalue weighted by Crippen LogP contribution is -2.31. The summed E-state index contributed by atoms with van der Waals surface area (Å²) in [5, 5.41) is 3.67. The van der Waals surface area contributed by atoms with E-state index in [-0.39, 0.29) is 0 Å². The van der Waals surface area contributed by atoms with E-state index in [1.54, 1.807) is 0 Å². The van der Waals surface area contributed by atoms with Gasteiger partial charge in [-0.15, -0.1) is 0 Å². The SMILES string of the molecule is Cc1ccc2c(c1)CCNC2Cc1cc(Br)c(C)c(Br)c1. The Labute approximate surface area is 143 Å². The average molecular weight is 409 g/mol. The molecule has 3 heteroatoms. The minimum Gasteiger partial charge on any atom is -0.309 e. The van der Waals surface area contributed by atoms with Gasteiger partial charge in [0.2, 0.25) is 0 Å². The van der Waals surface area contributed by atoms with Gasteiger partial charge in [-0.1, -0.05) is 55.6 Å². The minimum absolute atomic E-state index is 0.413. The Morgan fingerprint density at radius 2 is 1.81 bits per heavy atom. The molecule has 1 aliphatic rings. The van der Waals surface area contributed by atoms with Crippen molar-refractivity contribution in [3.8, 4) is 0 Å². The molecular weight excluding hydrogens is 390 g/mol. The molecule has 0 saturated carbocycles. The molecule has 1 heterocycles. The standard InChI is InChI=1S/C18H19Br2N/c1-11-3-4-15-14(7-11)5-6-21-18(15)10-13-8-16(19)12(2)17(20)9-13/h3-4,7-9,18,21H,5-6,10H2,1-2H3. The molecular formula is C18H19Br2N. The molecule has 0 aromatic heterocycles. The zero-order chi connectivity index (χ0) is 15.0. The Bertz CT molecular complexity index is 656. The highest BCUT2D eigenvalue weighted by atomic mass is 79.9. The lowest BCUT2D eigenvalue weighted by molar-refractivity contribution is 0.502. The van der Waals surface area contributed by atoms with Gasteiger partial charge < -0.3 is 5.32 Å². The molecule has 21 heavy (non-hydrogen) atoms. The van der Waals surface area contributed by atoms with E-state index in [0.29, 0.717) is 6.04 Å². The van der Waals surface area contributed by atoms with Crippen LogP contribution in [0.3, 0.4) is 0 Å². The smallest absolute Gasteiger partial charge is 0.0363 e. The Morgan fingerprint density at radius 3 is 2.52 bits per heavy atom. The molecule has 3 rings (SSSR count). The predicted octanol–water partition coefficient (Wildman–Crippen LogP) is 5.26. The maximum Gasteiger partial charge on any atom is 0.0363 e. The van der Waals surface area contributed by atoms with Gasteiger partial charge in [0.15, 0.2) is 0 Å².